The largest absolute Gasteiger partial charge is 0.503 e. The Morgan fingerprint density at radius 2 is 2.07 bits per heavy atom. The van der Waals surface area contributed by atoms with Crippen LogP contribution in [0.2, 0.25) is 5.02 Å². The fraction of sp³-hybridized carbons (Fsp3) is 0.286. The van der Waals surface area contributed by atoms with E-state index in [1.165, 1.54) is 18.2 Å². The highest BCUT2D eigenvalue weighted by Gasteiger charge is 2.16. The number of phenols is 1. The average Bonchev–Trinajstić information content (AvgIpc) is 2.70. The summed E-state index contributed by atoms with van der Waals surface area (Å²) in [5.74, 6) is -0.683. The first-order valence-electron chi connectivity index (χ1n) is 8.99. The maximum Gasteiger partial charge on any atom is 0.185 e. The number of rotatable bonds is 6. The zero-order chi connectivity index (χ0) is 20.1. The van der Waals surface area contributed by atoms with Gasteiger partial charge >= 0.3 is 0 Å². The zero-order valence-corrected chi connectivity index (χ0v) is 16.2. The van der Waals surface area contributed by atoms with Crippen LogP contribution in [0.1, 0.15) is 22.8 Å². The maximum absolute atomic E-state index is 14.5. The Balaban J connectivity index is 1.76. The molecule has 0 aromatic heterocycles. The third-order valence-corrected chi connectivity index (χ3v) is 4.65. The molecule has 28 heavy (non-hydrogen) atoms. The lowest BCUT2D eigenvalue weighted by molar-refractivity contribution is 0.104. The second-order valence-electron chi connectivity index (χ2n) is 6.25. The number of carbonyl (C=O) groups excluding carboxylic acids is 1. The molecule has 1 fully saturated rings. The highest BCUT2D eigenvalue weighted by atomic mass is 35.5. The summed E-state index contributed by atoms with van der Waals surface area (Å²) in [6.45, 7) is 4.50. The summed E-state index contributed by atoms with van der Waals surface area (Å²) in [6, 6.07) is 7.57. The van der Waals surface area contributed by atoms with Gasteiger partial charge in [0.2, 0.25) is 0 Å². The van der Waals surface area contributed by atoms with E-state index in [0.717, 1.165) is 0 Å². The van der Waals surface area contributed by atoms with Crippen LogP contribution >= 0.6 is 11.6 Å². The first kappa shape index (κ1) is 20.2. The van der Waals surface area contributed by atoms with Gasteiger partial charge in [0.15, 0.2) is 17.3 Å². The van der Waals surface area contributed by atoms with E-state index in [4.69, 9.17) is 21.1 Å². The molecule has 1 saturated heterocycles. The Labute approximate surface area is 167 Å². The molecule has 2 aromatic rings. The summed E-state index contributed by atoms with van der Waals surface area (Å²) in [5.41, 5.74) is 1.31. The number of phenolic OH excluding ortho intramolecular Hbond substituents is 1. The molecule has 0 spiro atoms. The lowest BCUT2D eigenvalue weighted by Crippen LogP contribution is -2.36. The van der Waals surface area contributed by atoms with Crippen LogP contribution in [0.3, 0.4) is 0 Å². The second-order valence-corrected chi connectivity index (χ2v) is 6.65. The fourth-order valence-electron chi connectivity index (χ4n) is 2.94. The standard InChI is InChI=1S/C21H21ClFNO4/c1-2-28-20-12-14(11-16(22)21(20)26)3-6-19(25)15-4-5-18(17(23)13-15)24-7-9-27-10-8-24/h3-6,11-13,26H,2,7-10H2,1H3/b6-3+. The lowest BCUT2D eigenvalue weighted by Gasteiger charge is -2.29. The van der Waals surface area contributed by atoms with Gasteiger partial charge in [-0.25, -0.2) is 4.39 Å². The number of ether oxygens (including phenoxy) is 2. The molecule has 0 atom stereocenters. The quantitative estimate of drug-likeness (QED) is 0.573. The molecular formula is C21H21ClFNO4. The van der Waals surface area contributed by atoms with Crippen molar-refractivity contribution in [2.24, 2.45) is 0 Å². The third kappa shape index (κ3) is 4.64. The predicted octanol–water partition coefficient (Wildman–Crippen LogP) is 4.32. The van der Waals surface area contributed by atoms with E-state index in [2.05, 4.69) is 0 Å². The fourth-order valence-corrected chi connectivity index (χ4v) is 3.16. The highest BCUT2D eigenvalue weighted by Crippen LogP contribution is 2.35. The minimum Gasteiger partial charge on any atom is -0.503 e. The number of allylic oxidation sites excluding steroid dienone is 1. The molecular weight excluding hydrogens is 385 g/mol. The number of ketones is 1. The third-order valence-electron chi connectivity index (χ3n) is 4.36. The molecule has 5 nitrogen and oxygen atoms in total. The van der Waals surface area contributed by atoms with E-state index in [-0.39, 0.29) is 27.9 Å². The topological polar surface area (TPSA) is 59.0 Å². The van der Waals surface area contributed by atoms with E-state index in [1.807, 2.05) is 4.90 Å². The van der Waals surface area contributed by atoms with Gasteiger partial charge in [0.25, 0.3) is 0 Å². The molecule has 0 aliphatic carbocycles. The first-order valence-corrected chi connectivity index (χ1v) is 9.37. The van der Waals surface area contributed by atoms with Crippen molar-refractivity contribution in [2.45, 2.75) is 6.92 Å². The van der Waals surface area contributed by atoms with Gasteiger partial charge in [0, 0.05) is 18.7 Å². The summed E-state index contributed by atoms with van der Waals surface area (Å²) >= 11 is 5.99. The number of carbonyl (C=O) groups is 1. The summed E-state index contributed by atoms with van der Waals surface area (Å²) in [6.07, 6.45) is 2.88. The van der Waals surface area contributed by atoms with Crippen LogP contribution in [0.25, 0.3) is 6.08 Å². The van der Waals surface area contributed by atoms with E-state index < -0.39 is 5.82 Å². The zero-order valence-electron chi connectivity index (χ0n) is 15.5. The Bertz CT molecular complexity index is 894. The number of anilines is 1. The molecule has 1 aliphatic heterocycles. The van der Waals surface area contributed by atoms with Gasteiger partial charge in [0.1, 0.15) is 5.82 Å². The van der Waals surface area contributed by atoms with Crippen molar-refractivity contribution >= 4 is 29.1 Å². The lowest BCUT2D eigenvalue weighted by atomic mass is 10.1. The van der Waals surface area contributed by atoms with Gasteiger partial charge in [-0.05, 0) is 48.9 Å². The number of hydrogen-bond acceptors (Lipinski definition) is 5. The average molecular weight is 406 g/mol. The molecule has 0 unspecified atom stereocenters. The number of aromatic hydroxyl groups is 1. The first-order chi connectivity index (χ1) is 13.5. The maximum atomic E-state index is 14.5. The number of hydrogen-bond donors (Lipinski definition) is 1. The SMILES string of the molecule is CCOc1cc(/C=C/C(=O)c2ccc(N3CCOCC3)c(F)c2)cc(Cl)c1O. The van der Waals surface area contributed by atoms with Crippen molar-refractivity contribution in [2.75, 3.05) is 37.8 Å². The van der Waals surface area contributed by atoms with Crippen molar-refractivity contribution in [3.05, 3.63) is 58.4 Å². The minimum absolute atomic E-state index is 0.124. The van der Waals surface area contributed by atoms with Crippen molar-refractivity contribution in [3.63, 3.8) is 0 Å². The molecule has 7 heteroatoms. The number of morpholine rings is 1. The van der Waals surface area contributed by atoms with Crippen molar-refractivity contribution < 1.29 is 23.8 Å². The molecule has 1 heterocycles. The van der Waals surface area contributed by atoms with Crippen LogP contribution in [0.5, 0.6) is 11.5 Å². The normalized spacial score (nSPS) is 14.5. The van der Waals surface area contributed by atoms with Crippen LogP contribution in [0, 0.1) is 5.82 Å². The molecule has 0 amide bonds. The summed E-state index contributed by atoms with van der Waals surface area (Å²) in [4.78, 5) is 14.3. The summed E-state index contributed by atoms with van der Waals surface area (Å²) in [7, 11) is 0. The molecule has 2 aromatic carbocycles. The van der Waals surface area contributed by atoms with E-state index in [1.54, 1.807) is 31.2 Å². The van der Waals surface area contributed by atoms with Crippen molar-refractivity contribution in [1.29, 1.82) is 0 Å². The van der Waals surface area contributed by atoms with Crippen LogP contribution in [0.4, 0.5) is 10.1 Å². The Kier molecular flexibility index (Phi) is 6.54. The Morgan fingerprint density at radius 1 is 1.32 bits per heavy atom. The molecule has 0 radical (unpaired) electrons. The van der Waals surface area contributed by atoms with Crippen LogP contribution in [-0.4, -0.2) is 43.8 Å². The number of halogens is 2. The van der Waals surface area contributed by atoms with Gasteiger partial charge < -0.3 is 19.5 Å². The van der Waals surface area contributed by atoms with Crippen molar-refractivity contribution in [3.8, 4) is 11.5 Å². The Hall–Kier alpha value is -2.57. The summed E-state index contributed by atoms with van der Waals surface area (Å²) in [5, 5.41) is 10.00. The summed E-state index contributed by atoms with van der Waals surface area (Å²) < 4.78 is 25.1. The highest BCUT2D eigenvalue weighted by molar-refractivity contribution is 6.32. The monoisotopic (exact) mass is 405 g/mol. The smallest absolute Gasteiger partial charge is 0.185 e. The Morgan fingerprint density at radius 3 is 2.75 bits per heavy atom. The van der Waals surface area contributed by atoms with E-state index in [9.17, 15) is 14.3 Å². The minimum atomic E-state index is -0.438. The molecule has 3 rings (SSSR count). The van der Waals surface area contributed by atoms with Gasteiger partial charge in [0.05, 0.1) is 30.5 Å². The number of nitrogens with zero attached hydrogens (tertiary/aromatic N) is 1. The van der Waals surface area contributed by atoms with Crippen molar-refractivity contribution in [1.82, 2.24) is 0 Å². The molecule has 1 N–H and O–H groups in total. The molecule has 148 valence electrons. The van der Waals surface area contributed by atoms with E-state index in [0.29, 0.717) is 44.2 Å². The van der Waals surface area contributed by atoms with Gasteiger partial charge in [-0.3, -0.25) is 4.79 Å². The van der Waals surface area contributed by atoms with E-state index >= 15 is 0 Å². The van der Waals surface area contributed by atoms with Gasteiger partial charge in [-0.2, -0.15) is 0 Å². The second kappa shape index (κ2) is 9.08. The van der Waals surface area contributed by atoms with Crippen LogP contribution in [0.15, 0.2) is 36.4 Å². The molecule has 1 aliphatic rings. The number of benzene rings is 2. The van der Waals surface area contributed by atoms with Crippen LogP contribution in [-0.2, 0) is 4.74 Å². The molecule has 0 bridgehead atoms. The van der Waals surface area contributed by atoms with Gasteiger partial charge in [-0.1, -0.05) is 17.7 Å². The van der Waals surface area contributed by atoms with Gasteiger partial charge in [-0.15, -0.1) is 0 Å². The predicted molar refractivity (Wildman–Crippen MR) is 107 cm³/mol. The molecule has 0 saturated carbocycles. The van der Waals surface area contributed by atoms with Crippen LogP contribution < -0.4 is 9.64 Å².